The van der Waals surface area contributed by atoms with Crippen LogP contribution in [-0.4, -0.2) is 23.3 Å². The van der Waals surface area contributed by atoms with Gasteiger partial charge in [0.2, 0.25) is 0 Å². The van der Waals surface area contributed by atoms with Crippen molar-refractivity contribution in [2.24, 2.45) is 0 Å². The highest BCUT2D eigenvalue weighted by Crippen LogP contribution is 2.29. The molecular weight excluding hydrogens is 412 g/mol. The van der Waals surface area contributed by atoms with Crippen LogP contribution < -0.4 is 14.2 Å². The zero-order chi connectivity index (χ0) is 23.0. The van der Waals surface area contributed by atoms with Gasteiger partial charge < -0.3 is 18.8 Å². The second-order valence-electron chi connectivity index (χ2n) is 7.95. The lowest BCUT2D eigenvalue weighted by atomic mass is 10.1. The van der Waals surface area contributed by atoms with Gasteiger partial charge in [0.05, 0.1) is 24.8 Å². The Bertz CT molecular complexity index is 1210. The predicted molar refractivity (Wildman–Crippen MR) is 132 cm³/mol. The van der Waals surface area contributed by atoms with Gasteiger partial charge in [0.1, 0.15) is 18.2 Å². The molecule has 0 aliphatic carbocycles. The molecule has 5 nitrogen and oxygen atoms in total. The van der Waals surface area contributed by atoms with Crippen LogP contribution in [0.5, 0.6) is 17.2 Å². The fourth-order valence-electron chi connectivity index (χ4n) is 3.80. The number of fused-ring (bicyclic) bond motifs is 1. The van der Waals surface area contributed by atoms with Crippen molar-refractivity contribution in [3.8, 4) is 17.2 Å². The molecule has 0 aliphatic heterocycles. The summed E-state index contributed by atoms with van der Waals surface area (Å²) in [6, 6.07) is 22.3. The minimum atomic E-state index is 0.352. The van der Waals surface area contributed by atoms with Gasteiger partial charge in [0.15, 0.2) is 11.5 Å². The van der Waals surface area contributed by atoms with Crippen molar-refractivity contribution in [1.82, 2.24) is 9.55 Å². The van der Waals surface area contributed by atoms with Gasteiger partial charge in [-0.3, -0.25) is 0 Å². The number of imidazole rings is 1. The number of allylic oxidation sites excluding steroid dienone is 1. The third kappa shape index (κ3) is 5.55. The van der Waals surface area contributed by atoms with Crippen LogP contribution in [0, 0.1) is 6.92 Å². The average Bonchev–Trinajstić information content (AvgIpc) is 3.19. The number of benzene rings is 3. The highest BCUT2D eigenvalue weighted by atomic mass is 16.5. The highest BCUT2D eigenvalue weighted by Gasteiger charge is 2.13. The minimum absolute atomic E-state index is 0.352. The molecule has 4 rings (SSSR count). The molecule has 0 amide bonds. The number of hydrogen-bond donors (Lipinski definition) is 0. The molecule has 5 heteroatoms. The topological polar surface area (TPSA) is 45.5 Å². The Labute approximate surface area is 195 Å². The van der Waals surface area contributed by atoms with E-state index >= 15 is 0 Å². The molecule has 0 aliphatic rings. The molecule has 4 aromatic rings. The molecule has 0 saturated heterocycles. The number of rotatable bonds is 11. The Morgan fingerprint density at radius 1 is 0.970 bits per heavy atom. The summed E-state index contributed by atoms with van der Waals surface area (Å²) >= 11 is 0. The molecule has 1 aromatic heterocycles. The van der Waals surface area contributed by atoms with Crippen LogP contribution in [0.2, 0.25) is 0 Å². The van der Waals surface area contributed by atoms with E-state index in [1.807, 2.05) is 54.6 Å². The summed E-state index contributed by atoms with van der Waals surface area (Å²) < 4.78 is 19.8. The van der Waals surface area contributed by atoms with Crippen molar-refractivity contribution >= 4 is 11.0 Å². The van der Waals surface area contributed by atoms with Crippen molar-refractivity contribution in [1.29, 1.82) is 0 Å². The van der Waals surface area contributed by atoms with Gasteiger partial charge in [-0.05, 0) is 61.7 Å². The molecule has 0 N–H and O–H groups in total. The number of ether oxygens (including phenoxy) is 3. The predicted octanol–water partition coefficient (Wildman–Crippen LogP) is 6.13. The molecule has 1 heterocycles. The van der Waals surface area contributed by atoms with Crippen molar-refractivity contribution < 1.29 is 14.2 Å². The van der Waals surface area contributed by atoms with Crippen LogP contribution in [0.15, 0.2) is 79.4 Å². The summed E-state index contributed by atoms with van der Waals surface area (Å²) in [6.45, 7) is 7.65. The maximum atomic E-state index is 6.14. The average molecular weight is 443 g/mol. The van der Waals surface area contributed by atoms with E-state index in [9.17, 15) is 0 Å². The molecule has 0 spiro atoms. The highest BCUT2D eigenvalue weighted by molar-refractivity contribution is 5.75. The Morgan fingerprint density at radius 3 is 2.58 bits per heavy atom. The number of aryl methyl sites for hydroxylation is 2. The molecule has 0 bridgehead atoms. The molecule has 0 fully saturated rings. The summed E-state index contributed by atoms with van der Waals surface area (Å²) in [5, 5.41) is 0. The second-order valence-corrected chi connectivity index (χ2v) is 7.95. The standard InChI is InChI=1S/C28H30N2O3/c1-4-8-22-13-16-26(27(19-22)31-3)33-20-28-29-24-9-5-6-10-25(24)30(28)17-7-18-32-23-14-11-21(2)12-15-23/h4-6,9-16,19H,1,7-8,17-18,20H2,2-3H3. The zero-order valence-electron chi connectivity index (χ0n) is 19.3. The first-order valence-corrected chi connectivity index (χ1v) is 11.2. The monoisotopic (exact) mass is 442 g/mol. The molecule has 3 aromatic carbocycles. The van der Waals surface area contributed by atoms with Crippen molar-refractivity contribution in [2.75, 3.05) is 13.7 Å². The van der Waals surface area contributed by atoms with Crippen LogP contribution in [0.4, 0.5) is 0 Å². The number of nitrogens with zero attached hydrogens (tertiary/aromatic N) is 2. The van der Waals surface area contributed by atoms with E-state index in [4.69, 9.17) is 19.2 Å². The summed E-state index contributed by atoms with van der Waals surface area (Å²) in [7, 11) is 1.66. The largest absolute Gasteiger partial charge is 0.494 e. The van der Waals surface area contributed by atoms with Crippen molar-refractivity contribution in [2.45, 2.75) is 32.9 Å². The first-order chi connectivity index (χ1) is 16.2. The van der Waals surface area contributed by atoms with E-state index in [1.165, 1.54) is 5.56 Å². The Hall–Kier alpha value is -3.73. The van der Waals surface area contributed by atoms with Gasteiger partial charge in [-0.25, -0.2) is 4.98 Å². The Morgan fingerprint density at radius 2 is 1.79 bits per heavy atom. The lowest BCUT2D eigenvalue weighted by molar-refractivity contribution is 0.267. The van der Waals surface area contributed by atoms with E-state index < -0.39 is 0 Å². The number of methoxy groups -OCH3 is 1. The van der Waals surface area contributed by atoms with Gasteiger partial charge in [0, 0.05) is 6.54 Å². The van der Waals surface area contributed by atoms with Gasteiger partial charge in [-0.15, -0.1) is 6.58 Å². The SMILES string of the molecule is C=CCc1ccc(OCc2nc3ccccc3n2CCCOc2ccc(C)cc2)c(OC)c1. The fraction of sp³-hybridized carbons (Fsp3) is 0.250. The van der Waals surface area contributed by atoms with Gasteiger partial charge in [-0.1, -0.05) is 42.0 Å². The van der Waals surface area contributed by atoms with E-state index in [-0.39, 0.29) is 0 Å². The van der Waals surface area contributed by atoms with Gasteiger partial charge in [-0.2, -0.15) is 0 Å². The Balaban J connectivity index is 1.45. The normalized spacial score (nSPS) is 10.8. The zero-order valence-corrected chi connectivity index (χ0v) is 19.3. The maximum absolute atomic E-state index is 6.14. The number of hydrogen-bond acceptors (Lipinski definition) is 4. The molecule has 0 unspecified atom stereocenters. The molecule has 170 valence electrons. The van der Waals surface area contributed by atoms with Crippen LogP contribution in [0.25, 0.3) is 11.0 Å². The summed E-state index contributed by atoms with van der Waals surface area (Å²) in [5.74, 6) is 3.19. The molecule has 0 radical (unpaired) electrons. The van der Waals surface area contributed by atoms with Gasteiger partial charge >= 0.3 is 0 Å². The van der Waals surface area contributed by atoms with Crippen LogP contribution in [0.1, 0.15) is 23.4 Å². The lowest BCUT2D eigenvalue weighted by Gasteiger charge is -2.14. The lowest BCUT2D eigenvalue weighted by Crippen LogP contribution is -2.10. The molecule has 0 atom stereocenters. The summed E-state index contributed by atoms with van der Waals surface area (Å²) in [4.78, 5) is 4.82. The van der Waals surface area contributed by atoms with E-state index in [0.717, 1.165) is 47.6 Å². The number of aromatic nitrogens is 2. The summed E-state index contributed by atoms with van der Waals surface area (Å²) in [5.41, 5.74) is 4.42. The van der Waals surface area contributed by atoms with Crippen LogP contribution in [0.3, 0.4) is 0 Å². The molecule has 33 heavy (non-hydrogen) atoms. The summed E-state index contributed by atoms with van der Waals surface area (Å²) in [6.07, 6.45) is 3.53. The third-order valence-corrected chi connectivity index (χ3v) is 5.51. The van der Waals surface area contributed by atoms with Crippen LogP contribution in [-0.2, 0) is 19.6 Å². The number of para-hydroxylation sites is 2. The van der Waals surface area contributed by atoms with Crippen molar-refractivity contribution in [3.63, 3.8) is 0 Å². The van der Waals surface area contributed by atoms with E-state index in [0.29, 0.717) is 24.7 Å². The first-order valence-electron chi connectivity index (χ1n) is 11.2. The Kier molecular flexibility index (Phi) is 7.30. The smallest absolute Gasteiger partial charge is 0.161 e. The fourth-order valence-corrected chi connectivity index (χ4v) is 3.80. The maximum Gasteiger partial charge on any atom is 0.161 e. The van der Waals surface area contributed by atoms with E-state index in [2.05, 4.69) is 36.3 Å². The quantitative estimate of drug-likeness (QED) is 0.207. The van der Waals surface area contributed by atoms with Crippen molar-refractivity contribution in [3.05, 3.63) is 96.3 Å². The van der Waals surface area contributed by atoms with Gasteiger partial charge in [0.25, 0.3) is 0 Å². The minimum Gasteiger partial charge on any atom is -0.494 e. The molecule has 0 saturated carbocycles. The first kappa shape index (κ1) is 22.5. The molecular formula is C28H30N2O3. The second kappa shape index (κ2) is 10.7. The van der Waals surface area contributed by atoms with Crippen LogP contribution >= 0.6 is 0 Å². The van der Waals surface area contributed by atoms with E-state index in [1.54, 1.807) is 7.11 Å². The third-order valence-electron chi connectivity index (χ3n) is 5.51.